The van der Waals surface area contributed by atoms with Gasteiger partial charge in [-0.2, -0.15) is 0 Å². The number of hydrogen-bond acceptors (Lipinski definition) is 7. The summed E-state index contributed by atoms with van der Waals surface area (Å²) in [5.74, 6) is 2.57. The van der Waals surface area contributed by atoms with Gasteiger partial charge in [0.05, 0.1) is 14.2 Å². The molecule has 0 radical (unpaired) electrons. The third-order valence-corrected chi connectivity index (χ3v) is 10.5. The smallest absolute Gasteiger partial charge is 0.193 e. The summed E-state index contributed by atoms with van der Waals surface area (Å²) >= 11 is 0. The Morgan fingerprint density at radius 1 is 0.545 bits per heavy atom. The van der Waals surface area contributed by atoms with E-state index < -0.39 is 0 Å². The first-order chi connectivity index (χ1) is 21.6. The lowest BCUT2D eigenvalue weighted by Gasteiger charge is -2.41. The van der Waals surface area contributed by atoms with Crippen LogP contribution in [0, 0.1) is 0 Å². The van der Waals surface area contributed by atoms with Crippen LogP contribution in [0.2, 0.25) is 0 Å². The normalized spacial score (nSPS) is 27.0. The van der Waals surface area contributed by atoms with Crippen LogP contribution in [0.4, 0.5) is 0 Å². The molecule has 2 heterocycles. The van der Waals surface area contributed by atoms with Crippen molar-refractivity contribution in [2.24, 2.45) is 0 Å². The van der Waals surface area contributed by atoms with Gasteiger partial charge < -0.3 is 18.9 Å². The maximum atomic E-state index is 13.7. The van der Waals surface area contributed by atoms with Gasteiger partial charge in [0.1, 0.15) is 12.2 Å². The van der Waals surface area contributed by atoms with Gasteiger partial charge in [-0.3, -0.25) is 14.6 Å². The molecule has 0 N–H and O–H groups in total. The molecule has 2 saturated carbocycles. The molecule has 2 aliphatic carbocycles. The van der Waals surface area contributed by atoms with Crippen molar-refractivity contribution < 1.29 is 23.7 Å². The molecule has 2 aromatic rings. The number of ether oxygens (including phenoxy) is 4. The van der Waals surface area contributed by atoms with Crippen molar-refractivity contribution >= 4 is 5.78 Å². The van der Waals surface area contributed by atoms with Crippen LogP contribution in [0.15, 0.2) is 36.4 Å². The number of carbonyl (C=O) groups is 1. The number of hydrogen-bond donors (Lipinski definition) is 0. The van der Waals surface area contributed by atoms with E-state index in [1.165, 1.54) is 103 Å². The summed E-state index contributed by atoms with van der Waals surface area (Å²) < 4.78 is 24.8. The Bertz CT molecular complexity index is 1140. The molecule has 0 bridgehead atoms. The highest BCUT2D eigenvalue weighted by atomic mass is 16.5. The largest absolute Gasteiger partial charge is 0.493 e. The molecular formula is C37H52N2O5. The quantitative estimate of drug-likeness (QED) is 0.264. The monoisotopic (exact) mass is 604 g/mol. The molecule has 2 aromatic carbocycles. The van der Waals surface area contributed by atoms with E-state index >= 15 is 0 Å². The average molecular weight is 605 g/mol. The van der Waals surface area contributed by atoms with Gasteiger partial charge in [0, 0.05) is 23.2 Å². The van der Waals surface area contributed by atoms with E-state index in [1.807, 2.05) is 36.4 Å². The fraction of sp³-hybridized carbons (Fsp3) is 0.649. The number of piperidine rings is 2. The standard InChI is InChI=1S/C37H52N2O5/c1-41-35-25-27(17-19-33(35)43-31-15-7-5-13-29(31)38-21-9-3-10-22-38)37(40)28-18-20-34(36(26-28)42-2)44-32-16-8-6-14-30(32)39-23-11-4-12-24-39/h17-20,25-26,29-32H,3-16,21-24H2,1-2H3. The Kier molecular flexibility index (Phi) is 10.6. The summed E-state index contributed by atoms with van der Waals surface area (Å²) in [5.41, 5.74) is 1.14. The molecule has 0 amide bonds. The molecule has 4 atom stereocenters. The lowest BCUT2D eigenvalue weighted by atomic mass is 9.90. The van der Waals surface area contributed by atoms with Gasteiger partial charge in [-0.15, -0.1) is 0 Å². The van der Waals surface area contributed by atoms with E-state index in [9.17, 15) is 4.79 Å². The molecule has 7 nitrogen and oxygen atoms in total. The molecule has 240 valence electrons. The van der Waals surface area contributed by atoms with Crippen molar-refractivity contribution in [3.05, 3.63) is 47.5 Å². The molecule has 44 heavy (non-hydrogen) atoms. The minimum absolute atomic E-state index is 0.0765. The molecule has 4 fully saturated rings. The van der Waals surface area contributed by atoms with Crippen LogP contribution in [0.1, 0.15) is 106 Å². The van der Waals surface area contributed by atoms with E-state index in [4.69, 9.17) is 18.9 Å². The maximum absolute atomic E-state index is 13.7. The highest BCUT2D eigenvalue weighted by Gasteiger charge is 2.34. The second kappa shape index (κ2) is 15.0. The van der Waals surface area contributed by atoms with Crippen molar-refractivity contribution in [2.45, 2.75) is 114 Å². The van der Waals surface area contributed by atoms with Gasteiger partial charge in [0.25, 0.3) is 0 Å². The molecule has 2 aliphatic heterocycles. The lowest BCUT2D eigenvalue weighted by Crippen LogP contribution is -2.49. The highest BCUT2D eigenvalue weighted by molar-refractivity contribution is 6.09. The van der Waals surface area contributed by atoms with Gasteiger partial charge in [-0.1, -0.05) is 25.7 Å². The molecule has 7 heteroatoms. The molecule has 4 aliphatic rings. The zero-order valence-electron chi connectivity index (χ0n) is 26.9. The van der Waals surface area contributed by atoms with Gasteiger partial charge >= 0.3 is 0 Å². The molecule has 0 aromatic heterocycles. The van der Waals surface area contributed by atoms with Gasteiger partial charge in [0.15, 0.2) is 28.8 Å². The molecular weight excluding hydrogens is 552 g/mol. The fourth-order valence-electron chi connectivity index (χ4n) is 8.07. The molecule has 2 saturated heterocycles. The van der Waals surface area contributed by atoms with Gasteiger partial charge in [-0.05, 0) is 127 Å². The van der Waals surface area contributed by atoms with E-state index in [0.29, 0.717) is 34.7 Å². The van der Waals surface area contributed by atoms with E-state index in [-0.39, 0.29) is 18.0 Å². The Hall–Kier alpha value is -2.77. The van der Waals surface area contributed by atoms with Crippen molar-refractivity contribution in [2.75, 3.05) is 40.4 Å². The Labute approximate surface area is 264 Å². The predicted molar refractivity (Wildman–Crippen MR) is 174 cm³/mol. The number of methoxy groups -OCH3 is 2. The summed E-state index contributed by atoms with van der Waals surface area (Å²) in [7, 11) is 3.30. The average Bonchev–Trinajstić information content (AvgIpc) is 3.09. The minimum atomic E-state index is -0.0765. The Balaban J connectivity index is 1.15. The second-order valence-electron chi connectivity index (χ2n) is 13.3. The zero-order valence-corrected chi connectivity index (χ0v) is 26.9. The van der Waals surface area contributed by atoms with Gasteiger partial charge in [-0.25, -0.2) is 0 Å². The summed E-state index contributed by atoms with van der Waals surface area (Å²) in [4.78, 5) is 19.0. The van der Waals surface area contributed by atoms with E-state index in [1.54, 1.807) is 14.2 Å². The van der Waals surface area contributed by atoms with Crippen molar-refractivity contribution in [3.63, 3.8) is 0 Å². The Morgan fingerprint density at radius 2 is 0.955 bits per heavy atom. The van der Waals surface area contributed by atoms with Crippen LogP contribution >= 0.6 is 0 Å². The van der Waals surface area contributed by atoms with Crippen molar-refractivity contribution in [3.8, 4) is 23.0 Å². The third-order valence-electron chi connectivity index (χ3n) is 10.5. The lowest BCUT2D eigenvalue weighted by molar-refractivity contribution is 0.0248. The number of ketones is 1. The second-order valence-corrected chi connectivity index (χ2v) is 13.3. The van der Waals surface area contributed by atoms with Crippen LogP contribution in [0.3, 0.4) is 0 Å². The van der Waals surface area contributed by atoms with Crippen molar-refractivity contribution in [1.29, 1.82) is 0 Å². The predicted octanol–water partition coefficient (Wildman–Crippen LogP) is 7.29. The van der Waals surface area contributed by atoms with Gasteiger partial charge in [0.2, 0.25) is 0 Å². The third kappa shape index (κ3) is 7.20. The first-order valence-corrected chi connectivity index (χ1v) is 17.4. The summed E-state index contributed by atoms with van der Waals surface area (Å²) in [6.07, 6.45) is 17.5. The van der Waals surface area contributed by atoms with Crippen molar-refractivity contribution in [1.82, 2.24) is 9.80 Å². The first kappa shape index (κ1) is 31.2. The summed E-state index contributed by atoms with van der Waals surface area (Å²) in [5, 5.41) is 0. The topological polar surface area (TPSA) is 60.5 Å². The van der Waals surface area contributed by atoms with Crippen LogP contribution in [0.25, 0.3) is 0 Å². The van der Waals surface area contributed by atoms with Crippen LogP contribution in [-0.2, 0) is 0 Å². The van der Waals surface area contributed by atoms with Crippen LogP contribution in [-0.4, -0.2) is 80.3 Å². The molecule has 4 unspecified atom stereocenters. The SMILES string of the molecule is COc1cc(C(=O)c2ccc(OC3CCCCC3N3CCCCC3)c(OC)c2)ccc1OC1CCCCC1N1CCCCC1. The number of likely N-dealkylation sites (tertiary alicyclic amines) is 2. The maximum Gasteiger partial charge on any atom is 0.193 e. The number of nitrogens with zero attached hydrogens (tertiary/aromatic N) is 2. The number of rotatable bonds is 10. The van der Waals surface area contributed by atoms with E-state index in [0.717, 1.165) is 24.3 Å². The molecule has 0 spiro atoms. The van der Waals surface area contributed by atoms with Crippen LogP contribution in [0.5, 0.6) is 23.0 Å². The molecule has 6 rings (SSSR count). The summed E-state index contributed by atoms with van der Waals surface area (Å²) in [6, 6.07) is 12.1. The minimum Gasteiger partial charge on any atom is -0.493 e. The first-order valence-electron chi connectivity index (χ1n) is 17.4. The van der Waals surface area contributed by atoms with Crippen LogP contribution < -0.4 is 18.9 Å². The Morgan fingerprint density at radius 3 is 1.36 bits per heavy atom. The highest BCUT2D eigenvalue weighted by Crippen LogP contribution is 2.37. The number of benzene rings is 2. The zero-order chi connectivity index (χ0) is 30.3. The van der Waals surface area contributed by atoms with E-state index in [2.05, 4.69) is 9.80 Å². The summed E-state index contributed by atoms with van der Waals surface area (Å²) in [6.45, 7) is 4.67. The fourth-order valence-corrected chi connectivity index (χ4v) is 8.07. The number of carbonyl (C=O) groups excluding carboxylic acids is 1.